The van der Waals surface area contributed by atoms with Crippen LogP contribution >= 0.6 is 11.6 Å². The van der Waals surface area contributed by atoms with E-state index in [-0.39, 0.29) is 17.6 Å². The number of hydrogen-bond acceptors (Lipinski definition) is 2. The minimum Gasteiger partial charge on any atom is -0.322 e. The van der Waals surface area contributed by atoms with E-state index in [1.807, 2.05) is 25.1 Å². The molecule has 0 fully saturated rings. The molecule has 1 heterocycles. The smallest absolute Gasteiger partial charge is 0.241 e. The summed E-state index contributed by atoms with van der Waals surface area (Å²) in [5.41, 5.74) is 2.68. The monoisotopic (exact) mass is 358 g/mol. The SMILES string of the molecule is C[C@@H](C(=O)Nc1ccc(Cl)cc1F)N1CC=C(c2ccccc2)CC1. The lowest BCUT2D eigenvalue weighted by molar-refractivity contribution is -0.120. The summed E-state index contributed by atoms with van der Waals surface area (Å²) in [5, 5.41) is 2.95. The van der Waals surface area contributed by atoms with E-state index in [1.54, 1.807) is 6.07 Å². The third kappa shape index (κ3) is 4.27. The van der Waals surface area contributed by atoms with Gasteiger partial charge in [-0.05, 0) is 42.7 Å². The van der Waals surface area contributed by atoms with Gasteiger partial charge in [-0.25, -0.2) is 4.39 Å². The van der Waals surface area contributed by atoms with Crippen molar-refractivity contribution in [2.24, 2.45) is 0 Å². The van der Waals surface area contributed by atoms with E-state index in [2.05, 4.69) is 28.4 Å². The largest absolute Gasteiger partial charge is 0.322 e. The first kappa shape index (κ1) is 17.6. The second-order valence-electron chi connectivity index (χ2n) is 6.13. The molecule has 1 aliphatic rings. The van der Waals surface area contributed by atoms with Crippen molar-refractivity contribution in [2.45, 2.75) is 19.4 Å². The van der Waals surface area contributed by atoms with Gasteiger partial charge in [-0.2, -0.15) is 0 Å². The number of nitrogens with zero attached hydrogens (tertiary/aromatic N) is 1. The molecule has 0 bridgehead atoms. The van der Waals surface area contributed by atoms with Gasteiger partial charge in [0.15, 0.2) is 0 Å². The maximum absolute atomic E-state index is 13.8. The molecule has 1 N–H and O–H groups in total. The fourth-order valence-electron chi connectivity index (χ4n) is 2.94. The summed E-state index contributed by atoms with van der Waals surface area (Å²) in [5.74, 6) is -0.754. The van der Waals surface area contributed by atoms with Crippen LogP contribution in [0.4, 0.5) is 10.1 Å². The van der Waals surface area contributed by atoms with E-state index in [4.69, 9.17) is 11.6 Å². The van der Waals surface area contributed by atoms with E-state index in [0.717, 1.165) is 13.0 Å². The third-order valence-corrected chi connectivity index (χ3v) is 4.74. The fraction of sp³-hybridized carbons (Fsp3) is 0.250. The van der Waals surface area contributed by atoms with Gasteiger partial charge in [0, 0.05) is 18.1 Å². The lowest BCUT2D eigenvalue weighted by atomic mass is 9.99. The molecular weight excluding hydrogens is 339 g/mol. The van der Waals surface area contributed by atoms with Gasteiger partial charge >= 0.3 is 0 Å². The van der Waals surface area contributed by atoms with Crippen molar-refractivity contribution in [3.63, 3.8) is 0 Å². The Kier molecular flexibility index (Phi) is 5.51. The van der Waals surface area contributed by atoms with Crippen LogP contribution in [0, 0.1) is 5.82 Å². The van der Waals surface area contributed by atoms with Crippen LogP contribution in [0.3, 0.4) is 0 Å². The molecule has 25 heavy (non-hydrogen) atoms. The maximum atomic E-state index is 13.8. The molecule has 0 aliphatic carbocycles. The first-order valence-electron chi connectivity index (χ1n) is 8.29. The summed E-state index contributed by atoms with van der Waals surface area (Å²) < 4.78 is 13.8. The quantitative estimate of drug-likeness (QED) is 0.866. The molecular formula is C20H20ClFN2O. The molecule has 0 saturated carbocycles. The standard InChI is InChI=1S/C20H20ClFN2O/c1-14(20(25)23-19-8-7-17(21)13-18(19)22)24-11-9-16(10-12-24)15-5-3-2-4-6-15/h2-9,13-14H,10-12H2,1H3,(H,23,25)/t14-/m0/s1. The molecule has 0 radical (unpaired) electrons. The molecule has 1 atom stereocenters. The van der Waals surface area contributed by atoms with E-state index >= 15 is 0 Å². The summed E-state index contributed by atoms with van der Waals surface area (Å²) >= 11 is 5.73. The Hall–Kier alpha value is -2.17. The molecule has 130 valence electrons. The van der Waals surface area contributed by atoms with Crippen LogP contribution in [-0.4, -0.2) is 29.9 Å². The molecule has 0 unspecified atom stereocenters. The number of carbonyl (C=O) groups is 1. The van der Waals surface area contributed by atoms with Crippen molar-refractivity contribution in [1.29, 1.82) is 0 Å². The van der Waals surface area contributed by atoms with Crippen LogP contribution in [0.5, 0.6) is 0 Å². The van der Waals surface area contributed by atoms with Crippen LogP contribution in [0.1, 0.15) is 18.9 Å². The van der Waals surface area contributed by atoms with Crippen LogP contribution in [0.2, 0.25) is 5.02 Å². The van der Waals surface area contributed by atoms with E-state index < -0.39 is 5.82 Å². The van der Waals surface area contributed by atoms with Gasteiger partial charge in [0.25, 0.3) is 0 Å². The number of rotatable bonds is 4. The zero-order valence-electron chi connectivity index (χ0n) is 14.0. The van der Waals surface area contributed by atoms with Gasteiger partial charge in [0.1, 0.15) is 5.82 Å². The highest BCUT2D eigenvalue weighted by atomic mass is 35.5. The van der Waals surface area contributed by atoms with Crippen molar-refractivity contribution in [1.82, 2.24) is 4.90 Å². The Bertz CT molecular complexity index is 792. The molecule has 0 spiro atoms. The Morgan fingerprint density at radius 3 is 2.64 bits per heavy atom. The average molecular weight is 359 g/mol. The zero-order chi connectivity index (χ0) is 17.8. The van der Waals surface area contributed by atoms with E-state index in [0.29, 0.717) is 11.6 Å². The summed E-state index contributed by atoms with van der Waals surface area (Å²) in [4.78, 5) is 14.5. The third-order valence-electron chi connectivity index (χ3n) is 4.50. The minimum atomic E-state index is -0.530. The Morgan fingerprint density at radius 2 is 2.00 bits per heavy atom. The Balaban J connectivity index is 1.63. The zero-order valence-corrected chi connectivity index (χ0v) is 14.8. The second-order valence-corrected chi connectivity index (χ2v) is 6.57. The Labute approximate surface area is 152 Å². The second kappa shape index (κ2) is 7.81. The minimum absolute atomic E-state index is 0.152. The average Bonchev–Trinajstić information content (AvgIpc) is 2.64. The number of amides is 1. The molecule has 5 heteroatoms. The first-order chi connectivity index (χ1) is 12.0. The van der Waals surface area contributed by atoms with Gasteiger partial charge in [0.05, 0.1) is 11.7 Å². The van der Waals surface area contributed by atoms with Gasteiger partial charge in [-0.3, -0.25) is 9.69 Å². The van der Waals surface area contributed by atoms with Gasteiger partial charge in [0.2, 0.25) is 5.91 Å². The number of carbonyl (C=O) groups excluding carboxylic acids is 1. The predicted octanol–water partition coefficient (Wildman–Crippen LogP) is 4.60. The first-order valence-corrected chi connectivity index (χ1v) is 8.67. The molecule has 0 saturated heterocycles. The van der Waals surface area contributed by atoms with Crippen molar-refractivity contribution in [3.8, 4) is 0 Å². The van der Waals surface area contributed by atoms with Gasteiger partial charge in [-0.15, -0.1) is 0 Å². The normalized spacial score (nSPS) is 16.2. The van der Waals surface area contributed by atoms with E-state index in [1.165, 1.54) is 23.3 Å². The molecule has 3 rings (SSSR count). The number of halogens is 2. The van der Waals surface area contributed by atoms with Crippen LogP contribution in [0.15, 0.2) is 54.6 Å². The van der Waals surface area contributed by atoms with E-state index in [9.17, 15) is 9.18 Å². The summed E-state index contributed by atoms with van der Waals surface area (Å²) in [6.07, 6.45) is 3.04. The molecule has 1 amide bonds. The maximum Gasteiger partial charge on any atom is 0.241 e. The fourth-order valence-corrected chi connectivity index (χ4v) is 3.10. The number of benzene rings is 2. The Morgan fingerprint density at radius 1 is 1.24 bits per heavy atom. The summed E-state index contributed by atoms with van der Waals surface area (Å²) in [6.45, 7) is 3.32. The number of hydrogen-bond donors (Lipinski definition) is 1. The lowest BCUT2D eigenvalue weighted by Crippen LogP contribution is -2.44. The number of anilines is 1. The molecule has 0 aromatic heterocycles. The molecule has 2 aromatic carbocycles. The summed E-state index contributed by atoms with van der Waals surface area (Å²) in [6, 6.07) is 14.1. The highest BCUT2D eigenvalue weighted by Crippen LogP contribution is 2.24. The topological polar surface area (TPSA) is 32.3 Å². The highest BCUT2D eigenvalue weighted by Gasteiger charge is 2.24. The predicted molar refractivity (Wildman–Crippen MR) is 100 cm³/mol. The van der Waals surface area contributed by atoms with Crippen molar-refractivity contribution < 1.29 is 9.18 Å². The highest BCUT2D eigenvalue weighted by molar-refractivity contribution is 6.30. The van der Waals surface area contributed by atoms with Crippen LogP contribution in [-0.2, 0) is 4.79 Å². The van der Waals surface area contributed by atoms with Crippen molar-refractivity contribution in [3.05, 3.63) is 71.0 Å². The van der Waals surface area contributed by atoms with Crippen molar-refractivity contribution >= 4 is 28.8 Å². The van der Waals surface area contributed by atoms with Crippen molar-refractivity contribution in [2.75, 3.05) is 18.4 Å². The molecule has 2 aromatic rings. The molecule has 3 nitrogen and oxygen atoms in total. The number of nitrogens with one attached hydrogen (secondary N) is 1. The van der Waals surface area contributed by atoms with Crippen LogP contribution in [0.25, 0.3) is 5.57 Å². The summed E-state index contributed by atoms with van der Waals surface area (Å²) in [7, 11) is 0. The van der Waals surface area contributed by atoms with Gasteiger partial charge in [-0.1, -0.05) is 48.0 Å². The van der Waals surface area contributed by atoms with Crippen LogP contribution < -0.4 is 5.32 Å². The molecule has 1 aliphatic heterocycles. The van der Waals surface area contributed by atoms with Gasteiger partial charge < -0.3 is 5.32 Å². The lowest BCUT2D eigenvalue weighted by Gasteiger charge is -2.31.